The van der Waals surface area contributed by atoms with E-state index in [1.54, 1.807) is 0 Å². The van der Waals surface area contributed by atoms with Crippen LogP contribution < -0.4 is 4.90 Å². The van der Waals surface area contributed by atoms with Crippen molar-refractivity contribution in [3.05, 3.63) is 167 Å². The third-order valence-corrected chi connectivity index (χ3v) is 10.4. The van der Waals surface area contributed by atoms with E-state index in [4.69, 9.17) is 0 Å². The molecule has 0 amide bonds. The van der Waals surface area contributed by atoms with Gasteiger partial charge < -0.3 is 9.47 Å². The Labute approximate surface area is 280 Å². The second-order valence-electron chi connectivity index (χ2n) is 12.9. The first-order valence-corrected chi connectivity index (χ1v) is 16.7. The third kappa shape index (κ3) is 4.27. The molecule has 4 aromatic carbocycles. The Balaban J connectivity index is 1.15. The summed E-state index contributed by atoms with van der Waals surface area (Å²) in [7, 11) is 0. The van der Waals surface area contributed by atoms with E-state index < -0.39 is 0 Å². The molecule has 9 rings (SSSR count). The van der Waals surface area contributed by atoms with Crippen molar-refractivity contribution in [2.24, 2.45) is 5.92 Å². The topological polar surface area (TPSA) is 55.8 Å². The first-order chi connectivity index (χ1) is 23.7. The second-order valence-corrected chi connectivity index (χ2v) is 12.9. The average molecular weight is 617 g/mol. The number of nitrogens with zero attached hydrogens (tertiary/aromatic N) is 4. The van der Waals surface area contributed by atoms with Crippen molar-refractivity contribution in [3.63, 3.8) is 0 Å². The summed E-state index contributed by atoms with van der Waals surface area (Å²) in [6.07, 6.45) is 20.3. The van der Waals surface area contributed by atoms with Gasteiger partial charge in [-0.25, -0.2) is 0 Å². The smallest absolute Gasteiger partial charge is 0.101 e. The monoisotopic (exact) mass is 616 g/mol. The molecule has 0 radical (unpaired) electrons. The predicted molar refractivity (Wildman–Crippen MR) is 194 cm³/mol. The van der Waals surface area contributed by atoms with E-state index in [1.807, 2.05) is 6.07 Å². The van der Waals surface area contributed by atoms with E-state index in [1.165, 1.54) is 27.9 Å². The zero-order valence-corrected chi connectivity index (χ0v) is 26.4. The van der Waals surface area contributed by atoms with Crippen molar-refractivity contribution in [1.29, 1.82) is 10.5 Å². The molecule has 4 nitrogen and oxygen atoms in total. The minimum Gasteiger partial charge on any atom is -0.335 e. The Morgan fingerprint density at radius 3 is 2.40 bits per heavy atom. The molecule has 5 aromatic rings. The zero-order chi connectivity index (χ0) is 32.2. The molecule has 228 valence electrons. The third-order valence-electron chi connectivity index (χ3n) is 10.4. The number of allylic oxidation sites excluding steroid dienone is 7. The number of hydrogen-bond acceptors (Lipinski definition) is 3. The maximum atomic E-state index is 10.4. The van der Waals surface area contributed by atoms with Crippen LogP contribution in [0.4, 0.5) is 5.69 Å². The van der Waals surface area contributed by atoms with Gasteiger partial charge in [-0.15, -0.1) is 0 Å². The summed E-state index contributed by atoms with van der Waals surface area (Å²) in [6.45, 7) is 0. The first-order valence-electron chi connectivity index (χ1n) is 16.7. The van der Waals surface area contributed by atoms with Crippen molar-refractivity contribution in [2.75, 3.05) is 4.90 Å². The Morgan fingerprint density at radius 2 is 1.52 bits per heavy atom. The van der Waals surface area contributed by atoms with Crippen LogP contribution in [-0.2, 0) is 6.42 Å². The number of rotatable bonds is 4. The SMILES string of the molecule is N#Cc1ccc(-c2ccc(C3=C(N4c5ccccc5C5C=CC=CC54)C(C#N)CC=C3)cc2)cc1-n1c2c(c3ccccc31)C=CCC2. The van der Waals surface area contributed by atoms with Gasteiger partial charge in [0, 0.05) is 39.5 Å². The highest BCUT2D eigenvalue weighted by Gasteiger charge is 2.41. The van der Waals surface area contributed by atoms with Crippen LogP contribution in [0.2, 0.25) is 0 Å². The highest BCUT2D eigenvalue weighted by Crippen LogP contribution is 2.49. The lowest BCUT2D eigenvalue weighted by Gasteiger charge is -2.35. The second kappa shape index (κ2) is 11.3. The van der Waals surface area contributed by atoms with E-state index >= 15 is 0 Å². The number of hydrogen-bond donors (Lipinski definition) is 0. The summed E-state index contributed by atoms with van der Waals surface area (Å²) in [4.78, 5) is 2.42. The lowest BCUT2D eigenvalue weighted by atomic mass is 9.86. The number of nitriles is 2. The molecule has 0 saturated heterocycles. The van der Waals surface area contributed by atoms with Crippen molar-refractivity contribution in [2.45, 2.75) is 31.2 Å². The molecule has 0 saturated carbocycles. The van der Waals surface area contributed by atoms with Crippen LogP contribution in [-0.4, -0.2) is 10.6 Å². The van der Waals surface area contributed by atoms with Gasteiger partial charge in [-0.2, -0.15) is 10.5 Å². The van der Waals surface area contributed by atoms with Crippen molar-refractivity contribution in [3.8, 4) is 29.0 Å². The molecule has 1 aliphatic heterocycles. The fourth-order valence-electron chi connectivity index (χ4n) is 8.21. The highest BCUT2D eigenvalue weighted by atomic mass is 15.2. The van der Waals surface area contributed by atoms with Crippen LogP contribution in [0, 0.1) is 28.6 Å². The molecule has 1 aromatic heterocycles. The summed E-state index contributed by atoms with van der Waals surface area (Å²) in [5, 5.41) is 21.8. The first kappa shape index (κ1) is 28.1. The predicted octanol–water partition coefficient (Wildman–Crippen LogP) is 10.0. The number of para-hydroxylation sites is 2. The summed E-state index contributed by atoms with van der Waals surface area (Å²) < 4.78 is 2.30. The largest absolute Gasteiger partial charge is 0.335 e. The highest BCUT2D eigenvalue weighted by molar-refractivity contribution is 5.94. The van der Waals surface area contributed by atoms with E-state index in [-0.39, 0.29) is 17.9 Å². The van der Waals surface area contributed by atoms with E-state index in [2.05, 4.69) is 155 Å². The molecule has 48 heavy (non-hydrogen) atoms. The van der Waals surface area contributed by atoms with Crippen molar-refractivity contribution >= 4 is 28.2 Å². The zero-order valence-electron chi connectivity index (χ0n) is 26.4. The van der Waals surface area contributed by atoms with Gasteiger partial charge in [0.2, 0.25) is 0 Å². The summed E-state index contributed by atoms with van der Waals surface area (Å²) >= 11 is 0. The molecular formula is C44H32N4. The van der Waals surface area contributed by atoms with E-state index in [0.29, 0.717) is 12.0 Å². The van der Waals surface area contributed by atoms with Gasteiger partial charge in [-0.05, 0) is 65.8 Å². The Hall–Kier alpha value is -6.10. The summed E-state index contributed by atoms with van der Waals surface area (Å²) in [5.74, 6) is 0.0197. The Kier molecular flexibility index (Phi) is 6.63. The molecule has 4 aliphatic rings. The van der Waals surface area contributed by atoms with Crippen LogP contribution in [0.5, 0.6) is 0 Å². The molecule has 0 N–H and O–H groups in total. The molecule has 4 heteroatoms. The number of aromatic nitrogens is 1. The molecule has 2 heterocycles. The van der Waals surface area contributed by atoms with Crippen LogP contribution in [0.1, 0.15) is 46.7 Å². The molecule has 3 aliphatic carbocycles. The van der Waals surface area contributed by atoms with Gasteiger partial charge in [0.05, 0.1) is 34.8 Å². The summed E-state index contributed by atoms with van der Waals surface area (Å²) in [5.41, 5.74) is 13.1. The van der Waals surface area contributed by atoms with E-state index in [0.717, 1.165) is 52.0 Å². The lowest BCUT2D eigenvalue weighted by Crippen LogP contribution is -2.36. The van der Waals surface area contributed by atoms with Gasteiger partial charge >= 0.3 is 0 Å². The maximum Gasteiger partial charge on any atom is 0.101 e. The molecule has 0 fully saturated rings. The van der Waals surface area contributed by atoms with Crippen molar-refractivity contribution in [1.82, 2.24) is 4.57 Å². The molecule has 3 atom stereocenters. The van der Waals surface area contributed by atoms with Crippen LogP contribution in [0.3, 0.4) is 0 Å². The van der Waals surface area contributed by atoms with Gasteiger partial charge in [0.15, 0.2) is 0 Å². The van der Waals surface area contributed by atoms with Crippen LogP contribution >= 0.6 is 0 Å². The lowest BCUT2D eigenvalue weighted by molar-refractivity contribution is 0.661. The van der Waals surface area contributed by atoms with Crippen molar-refractivity contribution < 1.29 is 0 Å². The number of fused-ring (bicyclic) bond motifs is 6. The minimum absolute atomic E-state index is 0.141. The van der Waals surface area contributed by atoms with E-state index in [9.17, 15) is 10.5 Å². The fourth-order valence-corrected chi connectivity index (χ4v) is 8.21. The summed E-state index contributed by atoms with van der Waals surface area (Å²) in [6, 6.07) is 37.2. The maximum absolute atomic E-state index is 10.4. The molecule has 0 bridgehead atoms. The fraction of sp³-hybridized carbons (Fsp3) is 0.136. The average Bonchev–Trinajstić information content (AvgIpc) is 3.67. The van der Waals surface area contributed by atoms with Gasteiger partial charge in [0.25, 0.3) is 0 Å². The quantitative estimate of drug-likeness (QED) is 0.202. The van der Waals surface area contributed by atoms with Crippen LogP contribution in [0.25, 0.3) is 39.4 Å². The molecule has 0 spiro atoms. The number of benzene rings is 4. The normalized spacial score (nSPS) is 20.4. The van der Waals surface area contributed by atoms with Gasteiger partial charge in [0.1, 0.15) is 6.07 Å². The van der Waals surface area contributed by atoms with Crippen LogP contribution in [0.15, 0.2) is 139 Å². The van der Waals surface area contributed by atoms with Gasteiger partial charge in [-0.3, -0.25) is 0 Å². The minimum atomic E-state index is -0.242. The van der Waals surface area contributed by atoms with Gasteiger partial charge in [-0.1, -0.05) is 115 Å². The molecule has 3 unspecified atom stereocenters. The number of anilines is 1. The standard InChI is InChI=1S/C44H32N4/c45-27-32-25-24-31(26-43(32)47-39-16-5-1-11-35(39)36-12-2-6-17-40(36)47)29-20-22-30(23-21-29)34-15-9-10-33(28-46)44(34)48-41-18-7-3-13-37(41)38-14-4-8-19-42(38)48/h1-5,7-9,11-16,18-26,33,37,41H,6,10,17H2. The Bertz CT molecular complexity index is 2360. The Morgan fingerprint density at radius 1 is 0.729 bits per heavy atom. The molecular weight excluding hydrogens is 585 g/mol.